The van der Waals surface area contributed by atoms with E-state index in [1.807, 2.05) is 18.7 Å². The van der Waals surface area contributed by atoms with Crippen molar-refractivity contribution in [2.24, 2.45) is 0 Å². The van der Waals surface area contributed by atoms with Gasteiger partial charge in [0.05, 0.1) is 24.8 Å². The largest absolute Gasteiger partial charge is 0.493 e. The third-order valence-electron chi connectivity index (χ3n) is 3.99. The van der Waals surface area contributed by atoms with Gasteiger partial charge in [0, 0.05) is 25.3 Å². The number of benzene rings is 1. The molecule has 5 nitrogen and oxygen atoms in total. The zero-order valence-corrected chi connectivity index (χ0v) is 15.4. The lowest BCUT2D eigenvalue weighted by Crippen LogP contribution is -2.43. The van der Waals surface area contributed by atoms with Gasteiger partial charge >= 0.3 is 0 Å². The molecule has 0 aliphatic carbocycles. The van der Waals surface area contributed by atoms with Crippen LogP contribution in [0.5, 0.6) is 11.5 Å². The van der Waals surface area contributed by atoms with Crippen molar-refractivity contribution in [1.82, 2.24) is 4.90 Å². The molecule has 134 valence electrons. The summed E-state index contributed by atoms with van der Waals surface area (Å²) in [7, 11) is 1.55. The Hall–Kier alpha value is -1.46. The quantitative estimate of drug-likeness (QED) is 0.746. The lowest BCUT2D eigenvalue weighted by molar-refractivity contribution is 0.00723. The van der Waals surface area contributed by atoms with Crippen molar-refractivity contribution in [3.05, 3.63) is 22.7 Å². The summed E-state index contributed by atoms with van der Waals surface area (Å²) in [5.74, 6) is 0.919. The van der Waals surface area contributed by atoms with Gasteiger partial charge in [0.1, 0.15) is 0 Å². The molecule has 0 bridgehead atoms. The normalized spacial score (nSPS) is 17.7. The fourth-order valence-electron chi connectivity index (χ4n) is 2.86. The van der Waals surface area contributed by atoms with Crippen LogP contribution in [0.25, 0.3) is 0 Å². The first-order valence-corrected chi connectivity index (χ1v) is 8.89. The lowest BCUT2D eigenvalue weighted by Gasteiger charge is -2.32. The Morgan fingerprint density at radius 3 is 2.83 bits per heavy atom. The number of rotatable bonds is 7. The maximum absolute atomic E-state index is 12.8. The molecule has 0 N–H and O–H groups in total. The summed E-state index contributed by atoms with van der Waals surface area (Å²) in [4.78, 5) is 14.6. The molecule has 0 spiro atoms. The van der Waals surface area contributed by atoms with Crippen molar-refractivity contribution in [1.29, 1.82) is 0 Å². The van der Waals surface area contributed by atoms with Crippen LogP contribution in [-0.2, 0) is 4.74 Å². The molecule has 0 radical (unpaired) electrons. The van der Waals surface area contributed by atoms with Gasteiger partial charge in [-0.1, -0.05) is 18.5 Å². The molecule has 0 aromatic heterocycles. The summed E-state index contributed by atoms with van der Waals surface area (Å²) in [6, 6.07) is 3.35. The van der Waals surface area contributed by atoms with Crippen LogP contribution in [0.2, 0.25) is 5.02 Å². The van der Waals surface area contributed by atoms with Crippen LogP contribution in [-0.4, -0.2) is 50.3 Å². The topological polar surface area (TPSA) is 48.0 Å². The first kappa shape index (κ1) is 18.9. The van der Waals surface area contributed by atoms with Crippen molar-refractivity contribution in [3.8, 4) is 11.5 Å². The Kier molecular flexibility index (Phi) is 7.18. The van der Waals surface area contributed by atoms with Gasteiger partial charge in [-0.15, -0.1) is 0 Å². The van der Waals surface area contributed by atoms with Crippen molar-refractivity contribution >= 4 is 17.5 Å². The summed E-state index contributed by atoms with van der Waals surface area (Å²) >= 11 is 6.31. The number of carbonyl (C=O) groups excluding carboxylic acids is 1. The monoisotopic (exact) mass is 355 g/mol. The number of likely N-dealkylation sites (tertiary alicyclic amines) is 1. The van der Waals surface area contributed by atoms with E-state index in [1.54, 1.807) is 19.2 Å². The molecule has 1 aromatic rings. The van der Waals surface area contributed by atoms with Gasteiger partial charge in [-0.3, -0.25) is 4.79 Å². The molecule has 1 heterocycles. The van der Waals surface area contributed by atoms with E-state index in [0.717, 1.165) is 25.8 Å². The number of piperidine rings is 1. The van der Waals surface area contributed by atoms with E-state index in [-0.39, 0.29) is 12.0 Å². The highest BCUT2D eigenvalue weighted by molar-refractivity contribution is 6.32. The number of methoxy groups -OCH3 is 1. The fraction of sp³-hybridized carbons (Fsp3) is 0.611. The minimum Gasteiger partial charge on any atom is -0.493 e. The number of carbonyl (C=O) groups is 1. The van der Waals surface area contributed by atoms with Crippen LogP contribution < -0.4 is 9.47 Å². The number of ether oxygens (including phenoxy) is 3. The second kappa shape index (κ2) is 9.14. The molecule has 2 rings (SSSR count). The van der Waals surface area contributed by atoms with E-state index < -0.39 is 0 Å². The number of amides is 1. The predicted octanol–water partition coefficient (Wildman–Crippen LogP) is 3.78. The van der Waals surface area contributed by atoms with Gasteiger partial charge in [0.25, 0.3) is 5.91 Å². The zero-order chi connectivity index (χ0) is 17.5. The minimum absolute atomic E-state index is 0.0540. The highest BCUT2D eigenvalue weighted by Crippen LogP contribution is 2.37. The van der Waals surface area contributed by atoms with Gasteiger partial charge in [-0.25, -0.2) is 0 Å². The SMILES string of the molecule is CCCOc1c(Cl)cc(C(=O)N2CCCC(OCC)C2)cc1OC. The molecule has 1 aliphatic heterocycles. The molecule has 1 unspecified atom stereocenters. The third kappa shape index (κ3) is 4.54. The average Bonchev–Trinajstić information content (AvgIpc) is 2.60. The molecule has 1 aliphatic rings. The zero-order valence-electron chi connectivity index (χ0n) is 14.6. The maximum Gasteiger partial charge on any atom is 0.254 e. The number of halogens is 1. The van der Waals surface area contributed by atoms with Crippen LogP contribution in [0.3, 0.4) is 0 Å². The predicted molar refractivity (Wildman–Crippen MR) is 94.3 cm³/mol. The van der Waals surface area contributed by atoms with Crippen molar-refractivity contribution in [2.45, 2.75) is 39.2 Å². The summed E-state index contributed by atoms with van der Waals surface area (Å²) in [5.41, 5.74) is 0.512. The molecule has 6 heteroatoms. The van der Waals surface area contributed by atoms with E-state index in [2.05, 4.69) is 0 Å². The van der Waals surface area contributed by atoms with Gasteiger partial charge in [0.15, 0.2) is 11.5 Å². The first-order chi connectivity index (χ1) is 11.6. The van der Waals surface area contributed by atoms with Crippen LogP contribution in [0.15, 0.2) is 12.1 Å². The lowest BCUT2D eigenvalue weighted by atomic mass is 10.1. The van der Waals surface area contributed by atoms with Gasteiger partial charge < -0.3 is 19.1 Å². The van der Waals surface area contributed by atoms with E-state index in [1.165, 1.54) is 0 Å². The molecule has 24 heavy (non-hydrogen) atoms. The Balaban J connectivity index is 2.18. The minimum atomic E-state index is -0.0540. The molecule has 1 aromatic carbocycles. The van der Waals surface area contributed by atoms with Gasteiger partial charge in [-0.05, 0) is 38.3 Å². The second-order valence-corrected chi connectivity index (χ2v) is 6.22. The van der Waals surface area contributed by atoms with Crippen LogP contribution in [0.1, 0.15) is 43.5 Å². The maximum atomic E-state index is 12.8. The van der Waals surface area contributed by atoms with Gasteiger partial charge in [0.2, 0.25) is 0 Å². The highest BCUT2D eigenvalue weighted by Gasteiger charge is 2.26. The standard InChI is InChI=1S/C18H26ClNO4/c1-4-9-24-17-15(19)10-13(11-16(17)22-3)18(21)20-8-6-7-14(12-20)23-5-2/h10-11,14H,4-9,12H2,1-3H3. The number of nitrogens with zero attached hydrogens (tertiary/aromatic N) is 1. The van der Waals surface area contributed by atoms with E-state index in [0.29, 0.717) is 41.8 Å². The number of hydrogen-bond donors (Lipinski definition) is 0. The highest BCUT2D eigenvalue weighted by atomic mass is 35.5. The Labute approximate surface area is 148 Å². The first-order valence-electron chi connectivity index (χ1n) is 8.51. The molecule has 0 saturated carbocycles. The Morgan fingerprint density at radius 1 is 1.38 bits per heavy atom. The molecule has 1 amide bonds. The summed E-state index contributed by atoms with van der Waals surface area (Å²) in [6.07, 6.45) is 2.91. The van der Waals surface area contributed by atoms with E-state index >= 15 is 0 Å². The summed E-state index contributed by atoms with van der Waals surface area (Å²) in [5, 5.41) is 0.393. The van der Waals surface area contributed by atoms with Crippen molar-refractivity contribution < 1.29 is 19.0 Å². The van der Waals surface area contributed by atoms with Crippen molar-refractivity contribution in [2.75, 3.05) is 33.4 Å². The van der Waals surface area contributed by atoms with Crippen molar-refractivity contribution in [3.63, 3.8) is 0 Å². The third-order valence-corrected chi connectivity index (χ3v) is 4.28. The molecule has 1 saturated heterocycles. The molecular weight excluding hydrogens is 330 g/mol. The summed E-state index contributed by atoms with van der Waals surface area (Å²) < 4.78 is 16.7. The smallest absolute Gasteiger partial charge is 0.254 e. The molecule has 1 atom stereocenters. The van der Waals surface area contributed by atoms with Crippen LogP contribution >= 0.6 is 11.6 Å². The molecular formula is C18H26ClNO4. The fourth-order valence-corrected chi connectivity index (χ4v) is 3.13. The second-order valence-electron chi connectivity index (χ2n) is 5.81. The molecule has 1 fully saturated rings. The van der Waals surface area contributed by atoms with E-state index in [4.69, 9.17) is 25.8 Å². The Bertz CT molecular complexity index is 562. The van der Waals surface area contributed by atoms with Gasteiger partial charge in [-0.2, -0.15) is 0 Å². The Morgan fingerprint density at radius 2 is 2.17 bits per heavy atom. The van der Waals surface area contributed by atoms with E-state index in [9.17, 15) is 4.79 Å². The van der Waals surface area contributed by atoms with Crippen LogP contribution in [0.4, 0.5) is 0 Å². The average molecular weight is 356 g/mol. The summed E-state index contributed by atoms with van der Waals surface area (Å²) in [6.45, 7) is 6.54. The van der Waals surface area contributed by atoms with Crippen LogP contribution in [0, 0.1) is 0 Å². The number of hydrogen-bond acceptors (Lipinski definition) is 4.